The average molecular weight is 157 g/mol. The predicted molar refractivity (Wildman–Crippen MR) is 42.3 cm³/mol. The molecule has 0 radical (unpaired) electrons. The summed E-state index contributed by atoms with van der Waals surface area (Å²) in [7, 11) is 1.55. The summed E-state index contributed by atoms with van der Waals surface area (Å²) in [4.78, 5) is 11.3. The molecule has 1 aliphatic rings. The van der Waals surface area contributed by atoms with E-state index in [1.54, 1.807) is 21.0 Å². The van der Waals surface area contributed by atoms with E-state index in [1.807, 2.05) is 0 Å². The van der Waals surface area contributed by atoms with Crippen molar-refractivity contribution >= 4 is 5.91 Å². The summed E-state index contributed by atoms with van der Waals surface area (Å²) in [5.41, 5.74) is -0.678. The molecular weight excluding hydrogens is 142 g/mol. The first-order chi connectivity index (χ1) is 5.06. The Bertz CT molecular complexity index is 161. The predicted octanol–water partition coefficient (Wildman–Crippen LogP) is 0.690. The van der Waals surface area contributed by atoms with Crippen LogP contribution in [0.15, 0.2) is 0 Å². The molecule has 0 aromatic rings. The van der Waals surface area contributed by atoms with Crippen LogP contribution in [0.2, 0.25) is 0 Å². The summed E-state index contributed by atoms with van der Waals surface area (Å²) in [5, 5.41) is 2.88. The summed E-state index contributed by atoms with van der Waals surface area (Å²) in [6, 6.07) is 0.414. The summed E-state index contributed by atoms with van der Waals surface area (Å²) in [6.07, 6.45) is 2.23. The fraction of sp³-hybridized carbons (Fsp3) is 0.875. The van der Waals surface area contributed by atoms with Crippen molar-refractivity contribution in [3.8, 4) is 0 Å². The number of amides is 1. The quantitative estimate of drug-likeness (QED) is 0.654. The Labute approximate surface area is 67.1 Å². The van der Waals surface area contributed by atoms with Gasteiger partial charge in [0.15, 0.2) is 0 Å². The lowest BCUT2D eigenvalue weighted by molar-refractivity contribution is -0.139. The molecule has 0 atom stereocenters. The van der Waals surface area contributed by atoms with Crippen molar-refractivity contribution in [2.75, 3.05) is 7.11 Å². The Morgan fingerprint density at radius 2 is 2.09 bits per heavy atom. The molecule has 1 saturated carbocycles. The minimum atomic E-state index is -0.678. The van der Waals surface area contributed by atoms with Crippen LogP contribution in [0.4, 0.5) is 0 Å². The highest BCUT2D eigenvalue weighted by molar-refractivity contribution is 5.84. The van der Waals surface area contributed by atoms with Gasteiger partial charge in [-0.05, 0) is 26.7 Å². The van der Waals surface area contributed by atoms with Gasteiger partial charge in [-0.3, -0.25) is 4.79 Å². The van der Waals surface area contributed by atoms with Gasteiger partial charge in [0.25, 0.3) is 5.91 Å². The Kier molecular flexibility index (Phi) is 2.18. The molecule has 0 aliphatic heterocycles. The van der Waals surface area contributed by atoms with Gasteiger partial charge in [0.05, 0.1) is 0 Å². The molecule has 3 nitrogen and oxygen atoms in total. The zero-order chi connectivity index (χ0) is 8.48. The number of hydrogen-bond donors (Lipinski definition) is 1. The van der Waals surface area contributed by atoms with Crippen LogP contribution in [0.3, 0.4) is 0 Å². The first-order valence-electron chi connectivity index (χ1n) is 3.92. The zero-order valence-corrected chi connectivity index (χ0v) is 7.31. The molecule has 11 heavy (non-hydrogen) atoms. The van der Waals surface area contributed by atoms with Gasteiger partial charge >= 0.3 is 0 Å². The number of hydrogen-bond acceptors (Lipinski definition) is 2. The van der Waals surface area contributed by atoms with Crippen molar-refractivity contribution in [2.45, 2.75) is 38.3 Å². The molecule has 0 unspecified atom stereocenters. The maximum Gasteiger partial charge on any atom is 0.251 e. The smallest absolute Gasteiger partial charge is 0.251 e. The number of nitrogens with one attached hydrogen (secondary N) is 1. The Hall–Kier alpha value is -0.570. The van der Waals surface area contributed by atoms with Crippen LogP contribution in [0.5, 0.6) is 0 Å². The maximum atomic E-state index is 11.3. The fourth-order valence-electron chi connectivity index (χ4n) is 0.680. The third-order valence-corrected chi connectivity index (χ3v) is 1.97. The van der Waals surface area contributed by atoms with Gasteiger partial charge < -0.3 is 10.1 Å². The molecular formula is C8H15NO2. The van der Waals surface area contributed by atoms with Crippen molar-refractivity contribution in [3.05, 3.63) is 0 Å². The molecule has 0 aromatic heterocycles. The van der Waals surface area contributed by atoms with Crippen molar-refractivity contribution < 1.29 is 9.53 Å². The van der Waals surface area contributed by atoms with Crippen molar-refractivity contribution in [3.63, 3.8) is 0 Å². The summed E-state index contributed by atoms with van der Waals surface area (Å²) in [5.74, 6) is -0.0116. The highest BCUT2D eigenvalue weighted by Gasteiger charge is 2.32. The van der Waals surface area contributed by atoms with Crippen LogP contribution in [0.25, 0.3) is 0 Å². The molecule has 1 rings (SSSR count). The van der Waals surface area contributed by atoms with Gasteiger partial charge in [0.2, 0.25) is 0 Å². The molecule has 64 valence electrons. The third kappa shape index (κ3) is 2.19. The van der Waals surface area contributed by atoms with Gasteiger partial charge in [-0.1, -0.05) is 0 Å². The van der Waals surface area contributed by atoms with Crippen LogP contribution < -0.4 is 5.32 Å². The Morgan fingerprint density at radius 3 is 2.45 bits per heavy atom. The lowest BCUT2D eigenvalue weighted by Crippen LogP contribution is -2.44. The largest absolute Gasteiger partial charge is 0.369 e. The minimum Gasteiger partial charge on any atom is -0.369 e. The van der Waals surface area contributed by atoms with Crippen LogP contribution in [0.1, 0.15) is 26.7 Å². The lowest BCUT2D eigenvalue weighted by Gasteiger charge is -2.21. The molecule has 1 aliphatic carbocycles. The second kappa shape index (κ2) is 2.81. The molecule has 0 bridgehead atoms. The molecule has 0 aromatic carbocycles. The van der Waals surface area contributed by atoms with Gasteiger partial charge in [-0.2, -0.15) is 0 Å². The molecule has 1 amide bonds. The maximum absolute atomic E-state index is 11.3. The number of ether oxygens (including phenoxy) is 1. The van der Waals surface area contributed by atoms with Crippen LogP contribution in [-0.4, -0.2) is 24.7 Å². The molecule has 3 heteroatoms. The second-order valence-corrected chi connectivity index (χ2v) is 3.46. The topological polar surface area (TPSA) is 38.3 Å². The van der Waals surface area contributed by atoms with Gasteiger partial charge in [0.1, 0.15) is 5.60 Å². The molecule has 1 N–H and O–H groups in total. The van der Waals surface area contributed by atoms with Crippen molar-refractivity contribution in [1.82, 2.24) is 5.32 Å². The number of rotatable bonds is 3. The third-order valence-electron chi connectivity index (χ3n) is 1.97. The lowest BCUT2D eigenvalue weighted by atomic mass is 10.1. The van der Waals surface area contributed by atoms with Crippen molar-refractivity contribution in [2.24, 2.45) is 0 Å². The first-order valence-corrected chi connectivity index (χ1v) is 3.92. The average Bonchev–Trinajstić information content (AvgIpc) is 2.72. The molecule has 1 fully saturated rings. The van der Waals surface area contributed by atoms with Crippen LogP contribution >= 0.6 is 0 Å². The highest BCUT2D eigenvalue weighted by Crippen LogP contribution is 2.20. The van der Waals surface area contributed by atoms with E-state index in [4.69, 9.17) is 4.74 Å². The molecule has 0 saturated heterocycles. The van der Waals surface area contributed by atoms with E-state index in [9.17, 15) is 4.79 Å². The monoisotopic (exact) mass is 157 g/mol. The molecule has 0 spiro atoms. The highest BCUT2D eigenvalue weighted by atomic mass is 16.5. The van der Waals surface area contributed by atoms with E-state index in [1.165, 1.54) is 0 Å². The van der Waals surface area contributed by atoms with E-state index in [-0.39, 0.29) is 5.91 Å². The van der Waals surface area contributed by atoms with E-state index in [0.717, 1.165) is 12.8 Å². The van der Waals surface area contributed by atoms with E-state index < -0.39 is 5.60 Å². The summed E-state index contributed by atoms with van der Waals surface area (Å²) < 4.78 is 5.02. The molecule has 0 heterocycles. The van der Waals surface area contributed by atoms with E-state index in [2.05, 4.69) is 5.32 Å². The Morgan fingerprint density at radius 1 is 1.55 bits per heavy atom. The second-order valence-electron chi connectivity index (χ2n) is 3.46. The first kappa shape index (κ1) is 8.53. The fourth-order valence-corrected chi connectivity index (χ4v) is 0.680. The van der Waals surface area contributed by atoms with Gasteiger partial charge in [-0.15, -0.1) is 0 Å². The van der Waals surface area contributed by atoms with Crippen molar-refractivity contribution in [1.29, 1.82) is 0 Å². The van der Waals surface area contributed by atoms with E-state index in [0.29, 0.717) is 6.04 Å². The standard InChI is InChI=1S/C8H15NO2/c1-8(2,11-3)7(10)9-6-4-5-6/h6H,4-5H2,1-3H3,(H,9,10). The number of methoxy groups -OCH3 is 1. The minimum absolute atomic E-state index is 0.0116. The van der Waals surface area contributed by atoms with Crippen LogP contribution in [0, 0.1) is 0 Å². The summed E-state index contributed by atoms with van der Waals surface area (Å²) in [6.45, 7) is 3.54. The Balaban J connectivity index is 2.37. The van der Waals surface area contributed by atoms with Gasteiger partial charge in [0, 0.05) is 13.2 Å². The van der Waals surface area contributed by atoms with Gasteiger partial charge in [-0.25, -0.2) is 0 Å². The van der Waals surface area contributed by atoms with Crippen LogP contribution in [-0.2, 0) is 9.53 Å². The zero-order valence-electron chi connectivity index (χ0n) is 7.31. The number of carbonyl (C=O) groups excluding carboxylic acids is 1. The SMILES string of the molecule is COC(C)(C)C(=O)NC1CC1. The summed E-state index contributed by atoms with van der Waals surface area (Å²) >= 11 is 0. The number of carbonyl (C=O) groups is 1. The van der Waals surface area contributed by atoms with E-state index >= 15 is 0 Å². The normalized spacial score (nSPS) is 18.1.